The largest absolute Gasteiger partial charge is 0.476 e. The van der Waals surface area contributed by atoms with E-state index in [2.05, 4.69) is 81.6 Å². The van der Waals surface area contributed by atoms with Crippen molar-refractivity contribution >= 4 is 214 Å². The Morgan fingerprint density at radius 2 is 0.664 bits per heavy atom. The third-order valence-corrected chi connectivity index (χ3v) is 17.4. The molecule has 4 heterocycles. The van der Waals surface area contributed by atoms with Crippen LogP contribution in [0.4, 0.5) is 0 Å². The SMILES string of the molecule is Cc1ccc(-c2c(C)c(C#N)nn2-c2ccc(Cl)cc2Cl)cc1.Cc1ccc(-c2c(C)c(C(=O)Cl)nn2-c2ccc(Cl)cc2Cl)cc1.Cc1ccc(-c2c(C)c(C(=O)O)nn2-c2ccc(Cl)cc2Cl)cc1.Cc1ccc(-c2c(C)c(C(N)=O)nn2-c2ccc(Cl)cc2Cl)cc1.ClCCl.O=P(Cl)(Cl)Cl.O=S(Cl)Cl. The normalized spacial score (nSPS) is 10.6. The van der Waals surface area contributed by atoms with E-state index in [-0.39, 0.29) is 22.4 Å². The minimum atomic E-state index is -3.22. The lowest BCUT2D eigenvalue weighted by molar-refractivity contribution is 0.0688. The van der Waals surface area contributed by atoms with Crippen molar-refractivity contribution in [2.75, 3.05) is 5.34 Å². The van der Waals surface area contributed by atoms with Crippen molar-refractivity contribution in [1.82, 2.24) is 39.1 Å². The van der Waals surface area contributed by atoms with E-state index in [1.807, 2.05) is 146 Å². The molecule has 0 radical (unpaired) electrons. The predicted octanol–water partition coefficient (Wildman–Crippen LogP) is 26.2. The van der Waals surface area contributed by atoms with Gasteiger partial charge in [-0.05, 0) is 174 Å². The number of nitriles is 1. The van der Waals surface area contributed by atoms with Crippen LogP contribution in [0.2, 0.25) is 40.2 Å². The summed E-state index contributed by atoms with van der Waals surface area (Å²) in [6, 6.07) is 54.4. The first-order valence-corrected chi connectivity index (χ1v) is 42.2. The zero-order valence-electron chi connectivity index (χ0n) is 56.9. The monoisotopic (exact) mass is 1790 g/mol. The fourth-order valence-corrected chi connectivity index (χ4v) is 12.4. The van der Waals surface area contributed by atoms with Crippen LogP contribution in [0.3, 0.4) is 0 Å². The Morgan fingerprint density at radius 3 is 0.897 bits per heavy atom. The van der Waals surface area contributed by atoms with E-state index in [0.29, 0.717) is 91.0 Å². The molecule has 0 unspecified atom stereocenters. The van der Waals surface area contributed by atoms with Crippen molar-refractivity contribution in [2.45, 2.75) is 55.4 Å². The average molecular weight is 1800 g/mol. The van der Waals surface area contributed by atoms with Crippen molar-refractivity contribution in [3.63, 3.8) is 0 Å². The van der Waals surface area contributed by atoms with Gasteiger partial charge in [0.15, 0.2) is 17.1 Å². The second kappa shape index (κ2) is 41.1. The van der Waals surface area contributed by atoms with E-state index in [0.717, 1.165) is 61.6 Å². The maximum absolute atomic E-state index is 11.7. The van der Waals surface area contributed by atoms with E-state index in [1.165, 1.54) is 5.56 Å². The minimum absolute atomic E-state index is 0.00316. The van der Waals surface area contributed by atoms with Crippen LogP contribution in [0.15, 0.2) is 170 Å². The second-order valence-corrected chi connectivity index (χ2v) is 36.2. The number of primary amides is 1. The third-order valence-electron chi connectivity index (χ3n) is 15.1. The van der Waals surface area contributed by atoms with Gasteiger partial charge in [-0.15, -0.1) is 23.2 Å². The van der Waals surface area contributed by atoms with Gasteiger partial charge in [-0.25, -0.2) is 27.7 Å². The smallest absolute Gasteiger partial charge is 0.356 e. The highest BCUT2D eigenvalue weighted by molar-refractivity contribution is 8.26. The summed E-state index contributed by atoms with van der Waals surface area (Å²) < 4.78 is 25.1. The average Bonchev–Trinajstić information content (AvgIpc) is 1.65. The summed E-state index contributed by atoms with van der Waals surface area (Å²) in [5.41, 5.74) is 22.9. The number of nitrogens with two attached hydrogens (primary N) is 1. The molecule has 4 aromatic heterocycles. The second-order valence-electron chi connectivity index (χ2n) is 22.5. The van der Waals surface area contributed by atoms with E-state index in [9.17, 15) is 29.3 Å². The lowest BCUT2D eigenvalue weighted by atomic mass is 10.0. The number of rotatable bonds is 11. The van der Waals surface area contributed by atoms with Crippen LogP contribution in [0.1, 0.15) is 81.7 Å². The van der Waals surface area contributed by atoms with Gasteiger partial charge < -0.3 is 10.8 Å². The summed E-state index contributed by atoms with van der Waals surface area (Å²) in [6.07, 6.45) is 0. The number of halogens is 16. The Morgan fingerprint density at radius 1 is 0.439 bits per heavy atom. The van der Waals surface area contributed by atoms with Gasteiger partial charge in [-0.3, -0.25) is 14.2 Å². The molecular formula is C73H57Cl16N10O6PS. The summed E-state index contributed by atoms with van der Waals surface area (Å²) in [7, 11) is 7.36. The number of aryl methyl sites for hydroxylation is 4. The molecule has 0 fully saturated rings. The first-order chi connectivity index (χ1) is 50.3. The molecule has 0 atom stereocenters. The number of carbonyl (C=O) groups is 3. The van der Waals surface area contributed by atoms with Gasteiger partial charge in [0, 0.05) is 86.0 Å². The van der Waals surface area contributed by atoms with Gasteiger partial charge in [0.25, 0.3) is 11.1 Å². The van der Waals surface area contributed by atoms with Gasteiger partial charge in [-0.2, -0.15) is 25.7 Å². The molecule has 0 aliphatic carbocycles. The van der Waals surface area contributed by atoms with Gasteiger partial charge in [-0.1, -0.05) is 212 Å². The fourth-order valence-electron chi connectivity index (χ4n) is 10.2. The highest BCUT2D eigenvalue weighted by Gasteiger charge is 2.26. The number of hydrogen-bond acceptors (Lipinski definition) is 10. The van der Waals surface area contributed by atoms with E-state index in [1.54, 1.807) is 98.4 Å². The summed E-state index contributed by atoms with van der Waals surface area (Å²) in [5.74, 6) is -1.66. The van der Waals surface area contributed by atoms with Crippen molar-refractivity contribution < 1.29 is 28.3 Å². The quantitative estimate of drug-likeness (QED) is 0.0703. The Bertz CT molecular complexity index is 4940. The number of carboxylic acids is 1. The van der Waals surface area contributed by atoms with Gasteiger partial charge >= 0.3 is 11.2 Å². The van der Waals surface area contributed by atoms with Gasteiger partial charge in [0.2, 0.25) is 9.23 Å². The highest BCUT2D eigenvalue weighted by Crippen LogP contribution is 2.61. The van der Waals surface area contributed by atoms with Crippen LogP contribution >= 0.6 is 188 Å². The molecule has 12 aromatic rings. The number of carboxylic acid groups (broad SMARTS) is 1. The molecule has 3 N–H and O–H groups in total. The van der Waals surface area contributed by atoms with Gasteiger partial charge in [0.1, 0.15) is 11.8 Å². The van der Waals surface area contributed by atoms with Crippen molar-refractivity contribution in [2.24, 2.45) is 5.73 Å². The van der Waals surface area contributed by atoms with Crippen LogP contribution in [0, 0.1) is 66.7 Å². The maximum Gasteiger partial charge on any atom is 0.356 e. The number of amides is 1. The number of hydrogen-bond donors (Lipinski definition) is 2. The first-order valence-electron chi connectivity index (χ1n) is 30.5. The third kappa shape index (κ3) is 24.9. The molecule has 0 saturated carbocycles. The van der Waals surface area contributed by atoms with Crippen molar-refractivity contribution in [3.05, 3.63) is 277 Å². The Balaban J connectivity index is 0.000000212. The molecule has 1 amide bonds. The van der Waals surface area contributed by atoms with Crippen LogP contribution in [-0.2, 0) is 13.8 Å². The number of nitrogens with zero attached hydrogens (tertiary/aromatic N) is 9. The number of benzene rings is 8. The molecule has 16 nitrogen and oxygen atoms in total. The molecule has 558 valence electrons. The van der Waals surface area contributed by atoms with E-state index in [4.69, 9.17) is 138 Å². The van der Waals surface area contributed by atoms with Crippen LogP contribution in [-0.4, -0.2) is 70.9 Å². The molecule has 34 heteroatoms. The summed E-state index contributed by atoms with van der Waals surface area (Å²) in [5, 5.41) is 36.4. The number of aromatic nitrogens is 8. The summed E-state index contributed by atoms with van der Waals surface area (Å²) in [6.45, 7) is 15.3. The topological polar surface area (TPSA) is 227 Å². The molecule has 107 heavy (non-hydrogen) atoms. The Hall–Kier alpha value is -6.28. The van der Waals surface area contributed by atoms with Crippen molar-refractivity contribution in [1.29, 1.82) is 5.26 Å². The Labute approximate surface area is 697 Å². The molecule has 0 bridgehead atoms. The van der Waals surface area contributed by atoms with E-state index < -0.39 is 31.5 Å². The molecule has 8 aromatic carbocycles. The molecule has 12 rings (SSSR count). The van der Waals surface area contributed by atoms with Crippen LogP contribution in [0.25, 0.3) is 67.8 Å². The van der Waals surface area contributed by atoms with Crippen LogP contribution < -0.4 is 5.73 Å². The zero-order chi connectivity index (χ0) is 79.6. The number of alkyl halides is 2. The molecular weight excluding hydrogens is 1740 g/mol. The standard InChI is InChI=1S/C18H13Cl3N2O.C18H15Cl2N3O.C18H13Cl2N3.C18H14Cl2N2O2.CH2Cl2.Cl3OP.Cl2OS/c2*1-10-3-5-12(6-4-10)17-11(2)16(18(21)24)22-23(17)15-8-7-13(19)9-14(15)20;1-11-3-5-13(6-4-11)18-12(2)16(10-21)22-23(18)17-8-7-14(19)9-15(17)20;1-10-3-5-12(6-4-10)17-11(2)16(18(23)24)21-22(17)15-8-7-13(19)9-14(15)20;2-1-3;1-5(2,3)4;1-4(2)3/h3-9H,1-2H3;3-9H,1-2H3,(H2,21,24);3-9H,1-2H3;3-9H,1-2H3,(H,23,24);1H2;;. The molecule has 0 aliphatic heterocycles. The number of carbonyl (C=O) groups excluding carboxylic acids is 2. The predicted molar refractivity (Wildman–Crippen MR) is 446 cm³/mol. The highest BCUT2D eigenvalue weighted by atomic mass is 36.0. The zero-order valence-corrected chi connectivity index (χ0v) is 70.7. The fraction of sp³-hybridized carbons (Fsp3) is 0.123. The molecule has 0 saturated heterocycles. The van der Waals surface area contributed by atoms with Crippen LogP contribution in [0.5, 0.6) is 0 Å². The van der Waals surface area contributed by atoms with Crippen molar-refractivity contribution in [3.8, 4) is 73.8 Å². The summed E-state index contributed by atoms with van der Waals surface area (Å²) in [4.78, 5) is 35.0. The molecule has 0 spiro atoms. The maximum atomic E-state index is 11.7. The summed E-state index contributed by atoms with van der Waals surface area (Å²) >= 11 is 78.2. The number of aromatic carboxylic acids is 1. The van der Waals surface area contributed by atoms with E-state index >= 15 is 0 Å². The lowest BCUT2D eigenvalue weighted by Crippen LogP contribution is -2.13. The first kappa shape index (κ1) is 89.6. The minimum Gasteiger partial charge on any atom is -0.476 e. The molecule has 0 aliphatic rings. The lowest BCUT2D eigenvalue weighted by Gasteiger charge is -2.11. The van der Waals surface area contributed by atoms with Gasteiger partial charge in [0.05, 0.1) is 71.0 Å². The Kier molecular flexibility index (Phi) is 34.4.